The molecule has 0 spiro atoms. The molecule has 3 nitrogen and oxygen atoms in total. The van der Waals surface area contributed by atoms with Crippen LogP contribution in [0.15, 0.2) is 18.2 Å². The van der Waals surface area contributed by atoms with Gasteiger partial charge in [-0.2, -0.15) is 9.65 Å². The van der Waals surface area contributed by atoms with Crippen LogP contribution in [-0.4, -0.2) is 19.2 Å². The molecule has 0 heterocycles. The fourth-order valence-electron chi connectivity index (χ4n) is 1.94. The van der Waals surface area contributed by atoms with Crippen molar-refractivity contribution in [3.63, 3.8) is 0 Å². The summed E-state index contributed by atoms with van der Waals surface area (Å²) in [6.07, 6.45) is 1.90. The van der Waals surface area contributed by atoms with Crippen LogP contribution in [0.5, 0.6) is 5.75 Å². The van der Waals surface area contributed by atoms with Crippen molar-refractivity contribution in [2.24, 2.45) is 5.92 Å². The highest BCUT2D eigenvalue weighted by molar-refractivity contribution is 5.26. The minimum atomic E-state index is -1.02. The summed E-state index contributed by atoms with van der Waals surface area (Å²) in [5.74, 6) is -1.92. The van der Waals surface area contributed by atoms with Crippen molar-refractivity contribution in [1.82, 2.24) is 5.32 Å². The van der Waals surface area contributed by atoms with Crippen LogP contribution >= 0.6 is 0 Å². The zero-order chi connectivity index (χ0) is 13.2. The number of nitrogens with one attached hydrogen (secondary N) is 1. The Kier molecular flexibility index (Phi) is 3.48. The summed E-state index contributed by atoms with van der Waals surface area (Å²) in [4.78, 5) is 0. The quantitative estimate of drug-likeness (QED) is 0.874. The van der Waals surface area contributed by atoms with E-state index in [1.165, 1.54) is 12.1 Å². The van der Waals surface area contributed by atoms with Crippen LogP contribution < -0.4 is 10.1 Å². The minimum absolute atomic E-state index is 0.00500. The maximum Gasteiger partial charge on any atom is 0.200 e. The van der Waals surface area contributed by atoms with Gasteiger partial charge in [-0.15, -0.1) is 0 Å². The molecular weight excluding hydrogens is 238 g/mol. The number of rotatable bonds is 5. The van der Waals surface area contributed by atoms with E-state index in [4.69, 9.17) is 4.74 Å². The molecule has 1 aliphatic carbocycles. The first-order valence-electron chi connectivity index (χ1n) is 5.80. The normalized spacial score (nSPS) is 17.9. The van der Waals surface area contributed by atoms with E-state index in [0.29, 0.717) is 0 Å². The van der Waals surface area contributed by atoms with E-state index in [9.17, 15) is 14.0 Å². The number of nitriles is 1. The average Bonchev–Trinajstić information content (AvgIpc) is 3.21. The number of ether oxygens (including phenoxy) is 1. The zero-order valence-electron chi connectivity index (χ0n) is 10.0. The van der Waals surface area contributed by atoms with Crippen LogP contribution in [0.1, 0.15) is 12.8 Å². The van der Waals surface area contributed by atoms with E-state index < -0.39 is 17.2 Å². The highest BCUT2D eigenvalue weighted by Crippen LogP contribution is 2.39. The van der Waals surface area contributed by atoms with Crippen LogP contribution in [0.3, 0.4) is 0 Å². The van der Waals surface area contributed by atoms with Crippen LogP contribution in [0.4, 0.5) is 8.78 Å². The molecule has 2 rings (SSSR count). The topological polar surface area (TPSA) is 45.0 Å². The Labute approximate surface area is 104 Å². The average molecular weight is 252 g/mol. The van der Waals surface area contributed by atoms with Crippen molar-refractivity contribution >= 4 is 0 Å². The van der Waals surface area contributed by atoms with Gasteiger partial charge in [-0.25, -0.2) is 4.39 Å². The number of hydrogen-bond acceptors (Lipinski definition) is 3. The monoisotopic (exact) mass is 252 g/mol. The van der Waals surface area contributed by atoms with Crippen molar-refractivity contribution in [1.29, 1.82) is 5.26 Å². The molecule has 0 aromatic heterocycles. The summed E-state index contributed by atoms with van der Waals surface area (Å²) in [6, 6.07) is 5.93. The molecule has 0 radical (unpaired) electrons. The Hall–Kier alpha value is -1.67. The van der Waals surface area contributed by atoms with Gasteiger partial charge in [-0.05, 0) is 37.9 Å². The van der Waals surface area contributed by atoms with Crippen LogP contribution in [0, 0.1) is 28.9 Å². The first kappa shape index (κ1) is 12.8. The molecule has 1 unspecified atom stereocenters. The van der Waals surface area contributed by atoms with Gasteiger partial charge < -0.3 is 4.74 Å². The molecule has 1 aromatic rings. The smallest absolute Gasteiger partial charge is 0.200 e. The lowest BCUT2D eigenvalue weighted by Gasteiger charge is -2.26. The third kappa shape index (κ3) is 2.29. The highest BCUT2D eigenvalue weighted by atomic mass is 19.2. The van der Waals surface area contributed by atoms with Crippen molar-refractivity contribution in [3.05, 3.63) is 29.8 Å². The van der Waals surface area contributed by atoms with Gasteiger partial charge in [0.25, 0.3) is 0 Å². The molecule has 1 N–H and O–H groups in total. The molecule has 0 bridgehead atoms. The summed E-state index contributed by atoms with van der Waals surface area (Å²) in [5, 5.41) is 12.2. The van der Waals surface area contributed by atoms with Gasteiger partial charge in [0, 0.05) is 0 Å². The van der Waals surface area contributed by atoms with Crippen molar-refractivity contribution < 1.29 is 13.5 Å². The number of nitrogens with zero attached hydrogens (tertiary/aromatic N) is 1. The fourth-order valence-corrected chi connectivity index (χ4v) is 1.94. The molecule has 18 heavy (non-hydrogen) atoms. The third-order valence-electron chi connectivity index (χ3n) is 3.29. The molecule has 1 atom stereocenters. The zero-order valence-corrected chi connectivity index (χ0v) is 10.0. The molecule has 96 valence electrons. The maximum absolute atomic E-state index is 13.4. The molecule has 0 aliphatic heterocycles. The van der Waals surface area contributed by atoms with E-state index in [1.54, 1.807) is 7.05 Å². The number of hydrogen-bond donors (Lipinski definition) is 1. The number of halogens is 2. The predicted molar refractivity (Wildman–Crippen MR) is 62.0 cm³/mol. The first-order valence-corrected chi connectivity index (χ1v) is 5.80. The summed E-state index contributed by atoms with van der Waals surface area (Å²) in [5.41, 5.74) is -0.821. The second-order valence-electron chi connectivity index (χ2n) is 4.45. The largest absolute Gasteiger partial charge is 0.487 e. The molecular formula is C13H14F2N2O. The second-order valence-corrected chi connectivity index (χ2v) is 4.45. The van der Waals surface area contributed by atoms with Gasteiger partial charge in [-0.1, -0.05) is 6.07 Å². The fraction of sp³-hybridized carbons (Fsp3) is 0.462. The molecule has 0 amide bonds. The standard InChI is InChI=1S/C13H14F2N2O/c1-17-13(7-16,9-5-6-9)8-18-11-4-2-3-10(14)12(11)15/h2-4,9,17H,5-6,8H2,1H3. The SMILES string of the molecule is CNC(C#N)(COc1cccc(F)c1F)C1CC1. The number of likely N-dealkylation sites (N-methyl/N-ethyl adjacent to an activating group) is 1. The number of benzene rings is 1. The summed E-state index contributed by atoms with van der Waals surface area (Å²) in [7, 11) is 1.67. The highest BCUT2D eigenvalue weighted by Gasteiger charge is 2.45. The Balaban J connectivity index is 2.10. The molecule has 1 saturated carbocycles. The third-order valence-corrected chi connectivity index (χ3v) is 3.29. The van der Waals surface area contributed by atoms with Gasteiger partial charge in [0.1, 0.15) is 12.1 Å². The van der Waals surface area contributed by atoms with Gasteiger partial charge >= 0.3 is 0 Å². The summed E-state index contributed by atoms with van der Waals surface area (Å²) in [6.45, 7) is 0.00500. The summed E-state index contributed by atoms with van der Waals surface area (Å²) >= 11 is 0. The molecule has 0 saturated heterocycles. The minimum Gasteiger partial charge on any atom is -0.487 e. The lowest BCUT2D eigenvalue weighted by molar-refractivity contribution is 0.202. The van der Waals surface area contributed by atoms with Crippen LogP contribution in [0.2, 0.25) is 0 Å². The molecule has 1 aromatic carbocycles. The lowest BCUT2D eigenvalue weighted by atomic mass is 9.96. The van der Waals surface area contributed by atoms with Crippen LogP contribution in [0.25, 0.3) is 0 Å². The van der Waals surface area contributed by atoms with Crippen LogP contribution in [-0.2, 0) is 0 Å². The first-order chi connectivity index (χ1) is 8.63. The Morgan fingerprint density at radius 1 is 1.50 bits per heavy atom. The summed E-state index contributed by atoms with van der Waals surface area (Å²) < 4.78 is 31.7. The van der Waals surface area contributed by atoms with E-state index in [1.807, 2.05) is 0 Å². The lowest BCUT2D eigenvalue weighted by Crippen LogP contribution is -2.49. The molecule has 5 heteroatoms. The van der Waals surface area contributed by atoms with Gasteiger partial charge in [0.2, 0.25) is 5.82 Å². The van der Waals surface area contributed by atoms with Gasteiger partial charge in [0.15, 0.2) is 11.6 Å². The van der Waals surface area contributed by atoms with Crippen molar-refractivity contribution in [2.45, 2.75) is 18.4 Å². The van der Waals surface area contributed by atoms with E-state index in [-0.39, 0.29) is 18.3 Å². The Morgan fingerprint density at radius 3 is 2.78 bits per heavy atom. The van der Waals surface area contributed by atoms with Gasteiger partial charge in [-0.3, -0.25) is 5.32 Å². The van der Waals surface area contributed by atoms with E-state index >= 15 is 0 Å². The van der Waals surface area contributed by atoms with Crippen molar-refractivity contribution in [2.75, 3.05) is 13.7 Å². The van der Waals surface area contributed by atoms with Crippen molar-refractivity contribution in [3.8, 4) is 11.8 Å². The molecule has 1 aliphatic rings. The predicted octanol–water partition coefficient (Wildman–Crippen LogP) is 2.24. The van der Waals surface area contributed by atoms with E-state index in [0.717, 1.165) is 18.9 Å². The van der Waals surface area contributed by atoms with Gasteiger partial charge in [0.05, 0.1) is 6.07 Å². The maximum atomic E-state index is 13.4. The van der Waals surface area contributed by atoms with E-state index in [2.05, 4.69) is 11.4 Å². The Morgan fingerprint density at radius 2 is 2.22 bits per heavy atom. The molecule has 1 fully saturated rings. The Bertz CT molecular complexity index is 482. The second kappa shape index (κ2) is 4.91.